The normalized spacial score (nSPS) is 25.4. The van der Waals surface area contributed by atoms with E-state index in [-0.39, 0.29) is 0 Å². The van der Waals surface area contributed by atoms with Crippen molar-refractivity contribution in [3.63, 3.8) is 0 Å². The van der Waals surface area contributed by atoms with Crippen LogP contribution in [0.3, 0.4) is 0 Å². The van der Waals surface area contributed by atoms with E-state index < -0.39 is 0 Å². The fourth-order valence-electron chi connectivity index (χ4n) is 2.32. The van der Waals surface area contributed by atoms with E-state index in [2.05, 4.69) is 48.1 Å². The second kappa shape index (κ2) is 5.05. The van der Waals surface area contributed by atoms with Gasteiger partial charge in [-0.2, -0.15) is 0 Å². The summed E-state index contributed by atoms with van der Waals surface area (Å²) in [7, 11) is 0. The van der Waals surface area contributed by atoms with Crippen LogP contribution >= 0.6 is 0 Å². The maximum Gasteiger partial charge on any atom is 0.0556 e. The highest BCUT2D eigenvalue weighted by molar-refractivity contribution is 5.46. The van der Waals surface area contributed by atoms with Crippen molar-refractivity contribution in [3.05, 3.63) is 24.0 Å². The van der Waals surface area contributed by atoms with Gasteiger partial charge in [0.15, 0.2) is 0 Å². The maximum atomic E-state index is 4.40. The highest BCUT2D eigenvalue weighted by Gasteiger charge is 2.26. The number of hydrogen-bond donors (Lipinski definition) is 1. The van der Waals surface area contributed by atoms with Gasteiger partial charge < -0.3 is 10.2 Å². The maximum absolute atomic E-state index is 4.40. The molecule has 3 nitrogen and oxygen atoms in total. The zero-order valence-corrected chi connectivity index (χ0v) is 11.3. The number of nitrogens with one attached hydrogen (secondary N) is 1. The molecular formula is C14H23N3. The van der Waals surface area contributed by atoms with E-state index in [0.29, 0.717) is 18.0 Å². The molecule has 0 saturated carbocycles. The van der Waals surface area contributed by atoms with Gasteiger partial charge in [0, 0.05) is 30.9 Å². The summed E-state index contributed by atoms with van der Waals surface area (Å²) in [6.45, 7) is 11.0. The van der Waals surface area contributed by atoms with E-state index in [9.17, 15) is 0 Å². The van der Waals surface area contributed by atoms with Gasteiger partial charge in [-0.1, -0.05) is 13.8 Å². The molecule has 0 bridgehead atoms. The number of nitrogens with zero attached hydrogens (tertiary/aromatic N) is 2. The lowest BCUT2D eigenvalue weighted by Gasteiger charge is -2.41. The number of hydrogen-bond acceptors (Lipinski definition) is 3. The van der Waals surface area contributed by atoms with Crippen LogP contribution in [0.1, 0.15) is 26.5 Å². The SMILES string of the molecule is Cc1ccc(N2CC(C(C)C)NCC2C)cn1. The van der Waals surface area contributed by atoms with E-state index in [4.69, 9.17) is 0 Å². The molecule has 0 aromatic carbocycles. The van der Waals surface area contributed by atoms with Crippen molar-refractivity contribution in [2.75, 3.05) is 18.0 Å². The van der Waals surface area contributed by atoms with Crippen molar-refractivity contribution in [2.45, 2.75) is 39.8 Å². The molecule has 3 heteroatoms. The fourth-order valence-corrected chi connectivity index (χ4v) is 2.32. The Morgan fingerprint density at radius 3 is 2.76 bits per heavy atom. The van der Waals surface area contributed by atoms with Crippen molar-refractivity contribution < 1.29 is 0 Å². The van der Waals surface area contributed by atoms with Crippen LogP contribution in [-0.4, -0.2) is 30.2 Å². The third kappa shape index (κ3) is 2.78. The molecule has 2 rings (SSSR count). The van der Waals surface area contributed by atoms with Gasteiger partial charge in [-0.05, 0) is 31.9 Å². The van der Waals surface area contributed by atoms with Crippen LogP contribution in [0.5, 0.6) is 0 Å². The lowest BCUT2D eigenvalue weighted by Crippen LogP contribution is -2.57. The number of anilines is 1. The number of rotatable bonds is 2. The smallest absolute Gasteiger partial charge is 0.0556 e. The predicted octanol–water partition coefficient (Wildman–Crippen LogP) is 2.21. The average Bonchev–Trinajstić information content (AvgIpc) is 2.31. The summed E-state index contributed by atoms with van der Waals surface area (Å²) in [5.41, 5.74) is 2.33. The van der Waals surface area contributed by atoms with Gasteiger partial charge in [-0.25, -0.2) is 0 Å². The minimum absolute atomic E-state index is 0.537. The Labute approximate surface area is 104 Å². The van der Waals surface area contributed by atoms with Crippen LogP contribution in [0, 0.1) is 12.8 Å². The summed E-state index contributed by atoms with van der Waals surface area (Å²) in [5.74, 6) is 0.670. The Kier molecular flexibility index (Phi) is 3.67. The van der Waals surface area contributed by atoms with E-state index in [1.165, 1.54) is 5.69 Å². The molecule has 1 aliphatic rings. The van der Waals surface area contributed by atoms with E-state index in [0.717, 1.165) is 18.8 Å². The first kappa shape index (κ1) is 12.4. The molecule has 1 N–H and O–H groups in total. The fraction of sp³-hybridized carbons (Fsp3) is 0.643. The quantitative estimate of drug-likeness (QED) is 0.849. The first-order chi connectivity index (χ1) is 8.08. The minimum atomic E-state index is 0.537. The molecule has 2 heterocycles. The summed E-state index contributed by atoms with van der Waals surface area (Å²) in [6, 6.07) is 5.39. The van der Waals surface area contributed by atoms with Gasteiger partial charge >= 0.3 is 0 Å². The summed E-state index contributed by atoms with van der Waals surface area (Å²) >= 11 is 0. The highest BCUT2D eigenvalue weighted by Crippen LogP contribution is 2.21. The summed E-state index contributed by atoms with van der Waals surface area (Å²) < 4.78 is 0. The topological polar surface area (TPSA) is 28.2 Å². The first-order valence-corrected chi connectivity index (χ1v) is 6.50. The molecule has 1 aromatic heterocycles. The summed E-state index contributed by atoms with van der Waals surface area (Å²) in [4.78, 5) is 6.86. The van der Waals surface area contributed by atoms with Crippen molar-refractivity contribution in [1.82, 2.24) is 10.3 Å². The lowest BCUT2D eigenvalue weighted by atomic mass is 9.99. The Balaban J connectivity index is 2.15. The van der Waals surface area contributed by atoms with E-state index >= 15 is 0 Å². The Morgan fingerprint density at radius 1 is 1.41 bits per heavy atom. The van der Waals surface area contributed by atoms with Crippen molar-refractivity contribution in [1.29, 1.82) is 0 Å². The van der Waals surface area contributed by atoms with Crippen LogP contribution in [0.15, 0.2) is 18.3 Å². The van der Waals surface area contributed by atoms with Gasteiger partial charge in [0.1, 0.15) is 0 Å². The largest absolute Gasteiger partial charge is 0.365 e. The molecule has 0 spiro atoms. The van der Waals surface area contributed by atoms with Gasteiger partial charge in [0.05, 0.1) is 11.9 Å². The van der Waals surface area contributed by atoms with Crippen molar-refractivity contribution in [2.24, 2.45) is 5.92 Å². The molecule has 0 aliphatic carbocycles. The van der Waals surface area contributed by atoms with Crippen LogP contribution < -0.4 is 10.2 Å². The average molecular weight is 233 g/mol. The zero-order valence-electron chi connectivity index (χ0n) is 11.3. The number of pyridine rings is 1. The molecule has 17 heavy (non-hydrogen) atoms. The molecule has 1 aromatic rings. The van der Waals surface area contributed by atoms with Crippen LogP contribution in [0.4, 0.5) is 5.69 Å². The number of piperazine rings is 1. The number of aromatic nitrogens is 1. The van der Waals surface area contributed by atoms with E-state index in [1.54, 1.807) is 0 Å². The third-order valence-electron chi connectivity index (χ3n) is 3.63. The standard InChI is InChI=1S/C14H23N3/c1-10(2)14-9-17(12(4)7-16-14)13-6-5-11(3)15-8-13/h5-6,8,10,12,14,16H,7,9H2,1-4H3. The Morgan fingerprint density at radius 2 is 2.18 bits per heavy atom. The van der Waals surface area contributed by atoms with Crippen LogP contribution in [0.2, 0.25) is 0 Å². The molecule has 1 saturated heterocycles. The molecule has 1 aliphatic heterocycles. The lowest BCUT2D eigenvalue weighted by molar-refractivity contribution is 0.337. The van der Waals surface area contributed by atoms with E-state index in [1.807, 2.05) is 13.1 Å². The number of aryl methyl sites for hydroxylation is 1. The Bertz CT molecular complexity index is 358. The van der Waals surface area contributed by atoms with Gasteiger partial charge in [0.2, 0.25) is 0 Å². The van der Waals surface area contributed by atoms with Crippen LogP contribution in [-0.2, 0) is 0 Å². The molecule has 0 radical (unpaired) electrons. The molecular weight excluding hydrogens is 210 g/mol. The molecule has 2 atom stereocenters. The third-order valence-corrected chi connectivity index (χ3v) is 3.63. The Hall–Kier alpha value is -1.09. The zero-order chi connectivity index (χ0) is 12.4. The van der Waals surface area contributed by atoms with Crippen LogP contribution in [0.25, 0.3) is 0 Å². The summed E-state index contributed by atoms with van der Waals surface area (Å²) in [5, 5.41) is 3.62. The van der Waals surface area contributed by atoms with Gasteiger partial charge in [-0.15, -0.1) is 0 Å². The molecule has 0 amide bonds. The molecule has 1 fully saturated rings. The molecule has 2 unspecified atom stereocenters. The monoisotopic (exact) mass is 233 g/mol. The highest BCUT2D eigenvalue weighted by atomic mass is 15.2. The second-order valence-corrected chi connectivity index (χ2v) is 5.42. The minimum Gasteiger partial charge on any atom is -0.365 e. The van der Waals surface area contributed by atoms with Gasteiger partial charge in [-0.3, -0.25) is 4.98 Å². The molecule has 94 valence electrons. The predicted molar refractivity (Wildman–Crippen MR) is 72.4 cm³/mol. The first-order valence-electron chi connectivity index (χ1n) is 6.50. The van der Waals surface area contributed by atoms with Crippen molar-refractivity contribution >= 4 is 5.69 Å². The van der Waals surface area contributed by atoms with Crippen molar-refractivity contribution in [3.8, 4) is 0 Å². The summed E-state index contributed by atoms with van der Waals surface area (Å²) in [6.07, 6.45) is 1.99. The second-order valence-electron chi connectivity index (χ2n) is 5.42. The van der Waals surface area contributed by atoms with Gasteiger partial charge in [0.25, 0.3) is 0 Å².